The highest BCUT2D eigenvalue weighted by Crippen LogP contribution is 2.54. The van der Waals surface area contributed by atoms with E-state index in [2.05, 4.69) is 29.4 Å². The van der Waals surface area contributed by atoms with Crippen molar-refractivity contribution < 1.29 is 9.53 Å². The van der Waals surface area contributed by atoms with Crippen LogP contribution < -0.4 is 10.6 Å². The smallest absolute Gasteiger partial charge is 0.236 e. The molecule has 0 bridgehead atoms. The Hall–Kier alpha value is -0.610. The first-order valence-corrected chi connectivity index (χ1v) is 11.6. The minimum atomic E-state index is 0. The Labute approximate surface area is 199 Å². The van der Waals surface area contributed by atoms with Gasteiger partial charge in [-0.3, -0.25) is 14.7 Å². The summed E-state index contributed by atoms with van der Waals surface area (Å²) in [5.41, 5.74) is 0.308. The zero-order valence-corrected chi connectivity index (χ0v) is 21.6. The molecule has 0 aromatic heterocycles. The van der Waals surface area contributed by atoms with Gasteiger partial charge in [0, 0.05) is 57.8 Å². The number of piperidine rings is 1. The van der Waals surface area contributed by atoms with Gasteiger partial charge in [0.25, 0.3) is 0 Å². The number of nitrogens with one attached hydrogen (secondary N) is 2. The molecule has 1 spiro atoms. The fourth-order valence-electron chi connectivity index (χ4n) is 5.31. The Balaban J connectivity index is 0.00000320. The van der Waals surface area contributed by atoms with Crippen molar-refractivity contribution in [1.82, 2.24) is 20.4 Å². The maximum Gasteiger partial charge on any atom is 0.236 e. The minimum absolute atomic E-state index is 0. The number of hydrogen-bond acceptors (Lipinski definition) is 4. The summed E-state index contributed by atoms with van der Waals surface area (Å²) in [4.78, 5) is 20.6. The first kappa shape index (κ1) is 25.6. The third kappa shape index (κ3) is 6.00. The van der Waals surface area contributed by atoms with E-state index in [1.54, 1.807) is 4.90 Å². The maximum absolute atomic E-state index is 11.9. The van der Waals surface area contributed by atoms with E-state index in [-0.39, 0.29) is 29.9 Å². The molecule has 3 fully saturated rings. The van der Waals surface area contributed by atoms with Crippen molar-refractivity contribution in [1.29, 1.82) is 0 Å². The molecule has 7 nitrogen and oxygen atoms in total. The number of likely N-dealkylation sites (N-methyl/N-ethyl adjacent to an activating group) is 1. The van der Waals surface area contributed by atoms with Gasteiger partial charge in [0.05, 0.1) is 12.6 Å². The van der Waals surface area contributed by atoms with Gasteiger partial charge in [0.1, 0.15) is 0 Å². The first-order chi connectivity index (χ1) is 14.0. The second-order valence-corrected chi connectivity index (χ2v) is 9.12. The van der Waals surface area contributed by atoms with Crippen molar-refractivity contribution in [2.75, 3.05) is 46.9 Å². The van der Waals surface area contributed by atoms with Gasteiger partial charge >= 0.3 is 0 Å². The van der Waals surface area contributed by atoms with Crippen LogP contribution in [-0.2, 0) is 9.53 Å². The molecule has 8 heteroatoms. The first-order valence-electron chi connectivity index (χ1n) is 11.6. The Kier molecular flexibility index (Phi) is 10.1. The van der Waals surface area contributed by atoms with Crippen molar-refractivity contribution in [2.24, 2.45) is 10.4 Å². The molecule has 1 amide bonds. The van der Waals surface area contributed by atoms with Crippen LogP contribution in [0.2, 0.25) is 0 Å². The molecule has 2 unspecified atom stereocenters. The molecule has 2 N–H and O–H groups in total. The van der Waals surface area contributed by atoms with Crippen LogP contribution >= 0.6 is 24.0 Å². The average molecular weight is 536 g/mol. The molecule has 1 heterocycles. The topological polar surface area (TPSA) is 69.2 Å². The molecule has 0 radical (unpaired) electrons. The fraction of sp³-hybridized carbons (Fsp3) is 0.909. The van der Waals surface area contributed by atoms with Gasteiger partial charge < -0.3 is 20.3 Å². The number of halogens is 1. The molecular formula is C22H42IN5O2. The lowest BCUT2D eigenvalue weighted by Crippen LogP contribution is -2.65. The second kappa shape index (κ2) is 11.9. The summed E-state index contributed by atoms with van der Waals surface area (Å²) in [6.07, 6.45) is 8.76. The van der Waals surface area contributed by atoms with Crippen molar-refractivity contribution in [3.8, 4) is 0 Å². The van der Waals surface area contributed by atoms with Crippen molar-refractivity contribution in [3.63, 3.8) is 0 Å². The van der Waals surface area contributed by atoms with E-state index in [0.717, 1.165) is 51.5 Å². The number of hydrogen-bond donors (Lipinski definition) is 2. The molecule has 1 saturated heterocycles. The predicted molar refractivity (Wildman–Crippen MR) is 133 cm³/mol. The summed E-state index contributed by atoms with van der Waals surface area (Å²) in [5, 5.41) is 7.45. The van der Waals surface area contributed by atoms with E-state index in [1.165, 1.54) is 25.7 Å². The van der Waals surface area contributed by atoms with Gasteiger partial charge in [-0.25, -0.2) is 0 Å². The number of carbonyl (C=O) groups is 1. The lowest BCUT2D eigenvalue weighted by Gasteiger charge is -2.54. The van der Waals surface area contributed by atoms with Crippen molar-refractivity contribution >= 4 is 35.8 Å². The molecule has 2 saturated carbocycles. The molecular weight excluding hydrogens is 493 g/mol. The highest BCUT2D eigenvalue weighted by atomic mass is 127. The number of rotatable bonds is 7. The molecule has 0 aromatic carbocycles. The monoisotopic (exact) mass is 535 g/mol. The minimum Gasteiger partial charge on any atom is -0.378 e. The van der Waals surface area contributed by atoms with Crippen molar-refractivity contribution in [3.05, 3.63) is 0 Å². The normalized spacial score (nSPS) is 26.7. The molecule has 174 valence electrons. The van der Waals surface area contributed by atoms with Crippen LogP contribution in [0, 0.1) is 5.41 Å². The van der Waals surface area contributed by atoms with Gasteiger partial charge in [-0.15, -0.1) is 24.0 Å². The molecule has 1 aliphatic heterocycles. The summed E-state index contributed by atoms with van der Waals surface area (Å²) in [5.74, 6) is 1.14. The van der Waals surface area contributed by atoms with E-state index in [9.17, 15) is 4.79 Å². The van der Waals surface area contributed by atoms with E-state index in [1.807, 2.05) is 14.1 Å². The molecule has 2 atom stereocenters. The lowest BCUT2D eigenvalue weighted by molar-refractivity contribution is -0.130. The number of aliphatic imine (C=N–C) groups is 1. The zero-order valence-electron chi connectivity index (χ0n) is 19.3. The highest BCUT2D eigenvalue weighted by molar-refractivity contribution is 14.0. The van der Waals surface area contributed by atoms with E-state index >= 15 is 0 Å². The van der Waals surface area contributed by atoms with Crippen LogP contribution in [0.5, 0.6) is 0 Å². The Bertz CT molecular complexity index is 572. The third-order valence-electron chi connectivity index (χ3n) is 7.10. The predicted octanol–water partition coefficient (Wildman–Crippen LogP) is 2.45. The molecule has 0 aromatic rings. The third-order valence-corrected chi connectivity index (χ3v) is 7.10. The van der Waals surface area contributed by atoms with Crippen LogP contribution in [0.3, 0.4) is 0 Å². The summed E-state index contributed by atoms with van der Waals surface area (Å²) in [6, 6.07) is 0.887. The zero-order chi connectivity index (χ0) is 20.9. The number of amides is 1. The number of likely N-dealkylation sites (tertiary alicyclic amines) is 1. The van der Waals surface area contributed by atoms with Crippen LogP contribution in [0.4, 0.5) is 0 Å². The van der Waals surface area contributed by atoms with Crippen LogP contribution in [0.15, 0.2) is 4.99 Å². The number of guanidine groups is 1. The average Bonchev–Trinajstić information content (AvgIpc) is 3.22. The van der Waals surface area contributed by atoms with E-state index < -0.39 is 0 Å². The van der Waals surface area contributed by atoms with Crippen LogP contribution in [0.25, 0.3) is 0 Å². The van der Waals surface area contributed by atoms with Gasteiger partial charge in [-0.1, -0.05) is 12.8 Å². The largest absolute Gasteiger partial charge is 0.378 e. The molecule has 30 heavy (non-hydrogen) atoms. The number of nitrogens with zero attached hydrogens (tertiary/aromatic N) is 3. The standard InChI is InChI=1S/C22H41N5O2.HI/c1-5-23-21(24-17-9-13-27(14-10-17)16-20(28)26(3)4)25-18-15-19(29-6-2)22(18)11-7-8-12-22;/h17-19H,5-16H2,1-4H3,(H2,23,24,25);1H. The highest BCUT2D eigenvalue weighted by Gasteiger charge is 2.57. The summed E-state index contributed by atoms with van der Waals surface area (Å²) in [6.45, 7) is 8.22. The van der Waals surface area contributed by atoms with Crippen LogP contribution in [-0.4, -0.2) is 86.7 Å². The van der Waals surface area contributed by atoms with Gasteiger partial charge in [0.2, 0.25) is 5.91 Å². The van der Waals surface area contributed by atoms with Gasteiger partial charge in [0.15, 0.2) is 5.96 Å². The maximum atomic E-state index is 11.9. The quantitative estimate of drug-likeness (QED) is 0.298. The number of ether oxygens (including phenoxy) is 1. The molecule has 2 aliphatic carbocycles. The summed E-state index contributed by atoms with van der Waals surface area (Å²) in [7, 11) is 3.65. The Morgan fingerprint density at radius 3 is 2.40 bits per heavy atom. The van der Waals surface area contributed by atoms with Gasteiger partial charge in [-0.2, -0.15) is 0 Å². The summed E-state index contributed by atoms with van der Waals surface area (Å²) >= 11 is 0. The van der Waals surface area contributed by atoms with Gasteiger partial charge in [-0.05, 0) is 46.0 Å². The Morgan fingerprint density at radius 2 is 1.83 bits per heavy atom. The number of carbonyl (C=O) groups excluding carboxylic acids is 1. The molecule has 3 rings (SSSR count). The van der Waals surface area contributed by atoms with E-state index in [0.29, 0.717) is 30.1 Å². The van der Waals surface area contributed by atoms with Crippen LogP contribution in [0.1, 0.15) is 58.8 Å². The lowest BCUT2D eigenvalue weighted by atomic mass is 9.60. The fourth-order valence-corrected chi connectivity index (χ4v) is 5.31. The van der Waals surface area contributed by atoms with Crippen molar-refractivity contribution in [2.45, 2.75) is 77.0 Å². The second-order valence-electron chi connectivity index (χ2n) is 9.12. The van der Waals surface area contributed by atoms with E-state index in [4.69, 9.17) is 9.73 Å². The molecule has 3 aliphatic rings. The Morgan fingerprint density at radius 1 is 1.17 bits per heavy atom. The summed E-state index contributed by atoms with van der Waals surface area (Å²) < 4.78 is 6.06. The SMILES string of the molecule is CCN=C(NC1CCN(CC(=O)N(C)C)CC1)NC1CC(OCC)C12CCCC2.I.